The van der Waals surface area contributed by atoms with Crippen molar-refractivity contribution < 1.29 is 23.1 Å². The molecular formula is C29H32F2N6O3. The van der Waals surface area contributed by atoms with Gasteiger partial charge in [-0.15, -0.1) is 0 Å². The summed E-state index contributed by atoms with van der Waals surface area (Å²) in [5.74, 6) is -0.778. The van der Waals surface area contributed by atoms with Gasteiger partial charge >= 0.3 is 5.97 Å². The van der Waals surface area contributed by atoms with Crippen molar-refractivity contribution in [1.82, 2.24) is 24.8 Å². The number of aromatic nitrogens is 4. The molecule has 40 heavy (non-hydrogen) atoms. The number of hydrogen-bond donors (Lipinski definition) is 2. The van der Waals surface area contributed by atoms with Crippen LogP contribution in [-0.4, -0.2) is 38.5 Å². The molecule has 0 aliphatic rings. The van der Waals surface area contributed by atoms with Gasteiger partial charge in [0.2, 0.25) is 11.9 Å². The average molecular weight is 551 g/mol. The van der Waals surface area contributed by atoms with Crippen LogP contribution in [0.5, 0.6) is 0 Å². The maximum atomic E-state index is 14.9. The van der Waals surface area contributed by atoms with Gasteiger partial charge in [-0.1, -0.05) is 12.1 Å². The van der Waals surface area contributed by atoms with Gasteiger partial charge in [-0.3, -0.25) is 9.59 Å². The Morgan fingerprint density at radius 2 is 1.75 bits per heavy atom. The molecule has 4 aromatic rings. The maximum Gasteiger partial charge on any atom is 0.305 e. The number of rotatable bonds is 11. The smallest absolute Gasteiger partial charge is 0.305 e. The highest BCUT2D eigenvalue weighted by atomic mass is 19.1. The minimum Gasteiger partial charge on any atom is -0.469 e. The van der Waals surface area contributed by atoms with E-state index in [0.29, 0.717) is 49.3 Å². The number of methoxy groups -OCH3 is 1. The van der Waals surface area contributed by atoms with Crippen LogP contribution in [0.3, 0.4) is 0 Å². The van der Waals surface area contributed by atoms with Gasteiger partial charge in [-0.2, -0.15) is 0 Å². The van der Waals surface area contributed by atoms with E-state index in [4.69, 9.17) is 0 Å². The van der Waals surface area contributed by atoms with E-state index in [2.05, 4.69) is 30.3 Å². The van der Waals surface area contributed by atoms with E-state index in [1.807, 2.05) is 37.5 Å². The molecule has 0 aliphatic carbocycles. The van der Waals surface area contributed by atoms with Crippen molar-refractivity contribution in [2.75, 3.05) is 12.4 Å². The Morgan fingerprint density at radius 1 is 1.02 bits per heavy atom. The van der Waals surface area contributed by atoms with Crippen LogP contribution in [0.2, 0.25) is 0 Å². The number of halogens is 2. The molecule has 0 saturated heterocycles. The van der Waals surface area contributed by atoms with Crippen LogP contribution < -0.4 is 10.6 Å². The molecular weight excluding hydrogens is 518 g/mol. The molecule has 1 amide bonds. The molecule has 11 heteroatoms. The predicted octanol–water partition coefficient (Wildman–Crippen LogP) is 5.75. The van der Waals surface area contributed by atoms with Crippen molar-refractivity contribution in [3.63, 3.8) is 0 Å². The lowest BCUT2D eigenvalue weighted by molar-refractivity contribution is -0.140. The standard InChI is InChI=1S/C29H32F2N6O3/c1-17(2)37-18(3)34-28-22(30)13-20(14-24(28)37)27-23(31)16-33-29(36-27)35-21-11-9-19(10-12-21)15-32-25(38)7-5-6-8-26(39)40-4/h9-14,16-17H,5-8,15H2,1-4H3,(H,32,38)(H,33,35,36). The van der Waals surface area contributed by atoms with Crippen molar-refractivity contribution in [3.05, 3.63) is 65.6 Å². The van der Waals surface area contributed by atoms with Crippen molar-refractivity contribution in [2.45, 2.75) is 59.0 Å². The van der Waals surface area contributed by atoms with Gasteiger partial charge in [0.25, 0.3) is 0 Å². The summed E-state index contributed by atoms with van der Waals surface area (Å²) >= 11 is 0. The number of nitrogens with zero attached hydrogens (tertiary/aromatic N) is 4. The van der Waals surface area contributed by atoms with Crippen LogP contribution in [0.15, 0.2) is 42.6 Å². The molecule has 0 saturated carbocycles. The van der Waals surface area contributed by atoms with Crippen LogP contribution in [0.25, 0.3) is 22.3 Å². The number of carbonyl (C=O) groups excluding carboxylic acids is 2. The van der Waals surface area contributed by atoms with Crippen LogP contribution in [0.1, 0.15) is 57.0 Å². The molecule has 210 valence electrons. The number of esters is 1. The van der Waals surface area contributed by atoms with Gasteiger partial charge in [-0.05, 0) is 63.4 Å². The lowest BCUT2D eigenvalue weighted by Crippen LogP contribution is -2.22. The number of anilines is 2. The Balaban J connectivity index is 1.42. The first kappa shape index (κ1) is 28.6. The zero-order valence-electron chi connectivity index (χ0n) is 22.9. The number of fused-ring (bicyclic) bond motifs is 1. The summed E-state index contributed by atoms with van der Waals surface area (Å²) in [6.45, 7) is 6.11. The fraction of sp³-hybridized carbons (Fsp3) is 0.345. The molecule has 0 aliphatic heterocycles. The average Bonchev–Trinajstić information content (AvgIpc) is 3.28. The molecule has 0 radical (unpaired) electrons. The minimum atomic E-state index is -0.673. The molecule has 2 heterocycles. The minimum absolute atomic E-state index is 0.0293. The Bertz CT molecular complexity index is 1520. The van der Waals surface area contributed by atoms with Crippen LogP contribution in [-0.2, 0) is 20.9 Å². The molecule has 0 spiro atoms. The lowest BCUT2D eigenvalue weighted by atomic mass is 10.1. The Kier molecular flexibility index (Phi) is 9.03. The number of aryl methyl sites for hydroxylation is 1. The molecule has 0 unspecified atom stereocenters. The van der Waals surface area contributed by atoms with E-state index in [0.717, 1.165) is 11.8 Å². The van der Waals surface area contributed by atoms with Crippen LogP contribution in [0, 0.1) is 18.6 Å². The normalized spacial score (nSPS) is 11.2. The second-order valence-corrected chi connectivity index (χ2v) is 9.72. The number of imidazole rings is 1. The first-order valence-corrected chi connectivity index (χ1v) is 13.1. The van der Waals surface area contributed by atoms with Crippen molar-refractivity contribution in [3.8, 4) is 11.3 Å². The predicted molar refractivity (Wildman–Crippen MR) is 148 cm³/mol. The number of ether oxygens (including phenoxy) is 1. The third-order valence-electron chi connectivity index (χ3n) is 6.42. The number of nitrogens with one attached hydrogen (secondary N) is 2. The molecule has 0 bridgehead atoms. The Labute approximate surface area is 231 Å². The SMILES string of the molecule is COC(=O)CCCCC(=O)NCc1ccc(Nc2ncc(F)c(-c3cc(F)c4nc(C)n(C(C)C)c4c3)n2)cc1. The van der Waals surface area contributed by atoms with Crippen molar-refractivity contribution >= 4 is 34.5 Å². The van der Waals surface area contributed by atoms with Crippen LogP contribution >= 0.6 is 0 Å². The fourth-order valence-corrected chi connectivity index (χ4v) is 4.47. The molecule has 2 aromatic heterocycles. The summed E-state index contributed by atoms with van der Waals surface area (Å²) in [5, 5.41) is 5.89. The number of unbranched alkanes of at least 4 members (excludes halogenated alkanes) is 1. The first-order valence-electron chi connectivity index (χ1n) is 13.1. The van der Waals surface area contributed by atoms with E-state index < -0.39 is 11.6 Å². The highest BCUT2D eigenvalue weighted by Crippen LogP contribution is 2.30. The molecule has 2 N–H and O–H groups in total. The summed E-state index contributed by atoms with van der Waals surface area (Å²) in [6, 6.07) is 10.2. The van der Waals surface area contributed by atoms with Gasteiger partial charge in [-0.25, -0.2) is 23.7 Å². The third kappa shape index (κ3) is 6.77. The molecule has 0 atom stereocenters. The zero-order chi connectivity index (χ0) is 28.8. The molecule has 0 fully saturated rings. The van der Waals surface area contributed by atoms with Gasteiger partial charge in [0.15, 0.2) is 11.6 Å². The third-order valence-corrected chi connectivity index (χ3v) is 6.42. The van der Waals surface area contributed by atoms with Crippen molar-refractivity contribution in [1.29, 1.82) is 0 Å². The Morgan fingerprint density at radius 3 is 2.45 bits per heavy atom. The van der Waals surface area contributed by atoms with Crippen molar-refractivity contribution in [2.24, 2.45) is 0 Å². The zero-order valence-corrected chi connectivity index (χ0v) is 22.9. The van der Waals surface area contributed by atoms with E-state index in [1.165, 1.54) is 13.2 Å². The van der Waals surface area contributed by atoms with Gasteiger partial charge < -0.3 is 19.9 Å². The van der Waals surface area contributed by atoms with E-state index in [-0.39, 0.29) is 40.6 Å². The summed E-state index contributed by atoms with van der Waals surface area (Å²) in [4.78, 5) is 35.9. The largest absolute Gasteiger partial charge is 0.469 e. The molecule has 9 nitrogen and oxygen atoms in total. The van der Waals surface area contributed by atoms with E-state index >= 15 is 0 Å². The second kappa shape index (κ2) is 12.6. The van der Waals surface area contributed by atoms with E-state index in [1.54, 1.807) is 18.2 Å². The molecule has 2 aromatic carbocycles. The fourth-order valence-electron chi connectivity index (χ4n) is 4.47. The monoisotopic (exact) mass is 550 g/mol. The highest BCUT2D eigenvalue weighted by molar-refractivity contribution is 5.83. The quantitative estimate of drug-likeness (QED) is 0.181. The number of benzene rings is 2. The van der Waals surface area contributed by atoms with E-state index in [9.17, 15) is 18.4 Å². The summed E-state index contributed by atoms with van der Waals surface area (Å²) in [6.07, 6.45) is 2.88. The lowest BCUT2D eigenvalue weighted by Gasteiger charge is -2.12. The Hall–Kier alpha value is -4.41. The number of amides is 1. The second-order valence-electron chi connectivity index (χ2n) is 9.72. The maximum absolute atomic E-state index is 14.9. The van der Waals surface area contributed by atoms with Crippen LogP contribution in [0.4, 0.5) is 20.4 Å². The number of carbonyl (C=O) groups is 2. The highest BCUT2D eigenvalue weighted by Gasteiger charge is 2.18. The number of hydrogen-bond acceptors (Lipinski definition) is 7. The summed E-state index contributed by atoms with van der Waals surface area (Å²) < 4.78 is 36.2. The first-order chi connectivity index (χ1) is 19.2. The van der Waals surface area contributed by atoms with Gasteiger partial charge in [0, 0.05) is 36.7 Å². The molecule has 4 rings (SSSR count). The van der Waals surface area contributed by atoms with Gasteiger partial charge in [0.05, 0.1) is 18.8 Å². The summed E-state index contributed by atoms with van der Waals surface area (Å²) in [7, 11) is 1.34. The topological polar surface area (TPSA) is 111 Å². The van der Waals surface area contributed by atoms with Gasteiger partial charge in [0.1, 0.15) is 17.0 Å². The summed E-state index contributed by atoms with van der Waals surface area (Å²) in [5.41, 5.74) is 2.60.